The molecule has 10 heteroatoms. The van der Waals surface area contributed by atoms with E-state index in [4.69, 9.17) is 0 Å². The Balaban J connectivity index is 2.02. The van der Waals surface area contributed by atoms with Crippen molar-refractivity contribution in [1.82, 2.24) is 25.5 Å². The van der Waals surface area contributed by atoms with E-state index in [1.165, 1.54) is 11.6 Å². The van der Waals surface area contributed by atoms with Crippen LogP contribution >= 0.6 is 11.8 Å². The van der Waals surface area contributed by atoms with Crippen LogP contribution in [-0.4, -0.2) is 44.1 Å². The number of hydrogen-bond acceptors (Lipinski definition) is 5. The second-order valence-electron chi connectivity index (χ2n) is 4.30. The summed E-state index contributed by atoms with van der Waals surface area (Å²) < 4.78 is 37.7. The Morgan fingerprint density at radius 1 is 1.36 bits per heavy atom. The third-order valence-corrected chi connectivity index (χ3v) is 3.59. The van der Waals surface area contributed by atoms with E-state index in [9.17, 15) is 18.0 Å². The molecule has 0 fully saturated rings. The second-order valence-corrected chi connectivity index (χ2v) is 5.61. The van der Waals surface area contributed by atoms with Crippen molar-refractivity contribution >= 4 is 17.7 Å². The van der Waals surface area contributed by atoms with Crippen molar-refractivity contribution in [2.45, 2.75) is 23.5 Å². The first-order valence-corrected chi connectivity index (χ1v) is 7.10. The smallest absolute Gasteiger partial charge is 0.346 e. The Hall–Kier alpha value is -2.10. The normalized spacial score (nSPS) is 12.9. The summed E-state index contributed by atoms with van der Waals surface area (Å²) in [5, 5.41) is 12.5. The standard InChI is InChI=1S/C12H12F3N5OS/c1-8(10(21)16-7-12(13,14)15)22-11-17-18-19-20(11)9-5-3-2-4-6-9/h2-6,8H,7H2,1H3,(H,16,21). The van der Waals surface area contributed by atoms with E-state index >= 15 is 0 Å². The first kappa shape index (κ1) is 16.3. The van der Waals surface area contributed by atoms with Crippen molar-refractivity contribution in [3.05, 3.63) is 30.3 Å². The van der Waals surface area contributed by atoms with Crippen LogP contribution in [0.5, 0.6) is 0 Å². The highest BCUT2D eigenvalue weighted by atomic mass is 32.2. The molecule has 0 aliphatic rings. The quantitative estimate of drug-likeness (QED) is 0.846. The molecule has 0 aliphatic carbocycles. The fraction of sp³-hybridized carbons (Fsp3) is 0.333. The van der Waals surface area contributed by atoms with Crippen LogP contribution < -0.4 is 5.32 Å². The number of nitrogens with zero attached hydrogens (tertiary/aromatic N) is 4. The van der Waals surface area contributed by atoms with Gasteiger partial charge >= 0.3 is 6.18 Å². The number of rotatable bonds is 5. The number of tetrazole rings is 1. The molecule has 0 bridgehead atoms. The summed E-state index contributed by atoms with van der Waals surface area (Å²) in [6, 6.07) is 8.97. The molecule has 1 N–H and O–H groups in total. The number of benzene rings is 1. The van der Waals surface area contributed by atoms with Crippen molar-refractivity contribution in [2.24, 2.45) is 0 Å². The monoisotopic (exact) mass is 331 g/mol. The fourth-order valence-corrected chi connectivity index (χ4v) is 2.36. The van der Waals surface area contributed by atoms with Crippen LogP contribution in [-0.2, 0) is 4.79 Å². The van der Waals surface area contributed by atoms with Gasteiger partial charge in [0.05, 0.1) is 10.9 Å². The van der Waals surface area contributed by atoms with Crippen molar-refractivity contribution in [1.29, 1.82) is 0 Å². The van der Waals surface area contributed by atoms with Crippen molar-refractivity contribution < 1.29 is 18.0 Å². The highest BCUT2D eigenvalue weighted by Crippen LogP contribution is 2.23. The van der Waals surface area contributed by atoms with Gasteiger partial charge in [0.2, 0.25) is 11.1 Å². The highest BCUT2D eigenvalue weighted by molar-refractivity contribution is 8.00. The summed E-state index contributed by atoms with van der Waals surface area (Å²) in [6.07, 6.45) is -4.44. The number of aromatic nitrogens is 4. The molecule has 22 heavy (non-hydrogen) atoms. The Bertz CT molecular complexity index is 631. The third-order valence-electron chi connectivity index (χ3n) is 2.56. The average molecular weight is 331 g/mol. The molecule has 0 aliphatic heterocycles. The first-order chi connectivity index (χ1) is 10.4. The Kier molecular flexibility index (Phi) is 5.01. The molecule has 1 atom stereocenters. The van der Waals surface area contributed by atoms with Crippen LogP contribution in [0.1, 0.15) is 6.92 Å². The lowest BCUT2D eigenvalue weighted by atomic mass is 10.3. The number of hydrogen-bond donors (Lipinski definition) is 1. The number of amides is 1. The maximum absolute atomic E-state index is 12.1. The van der Waals surface area contributed by atoms with Gasteiger partial charge in [0.1, 0.15) is 6.54 Å². The molecule has 1 heterocycles. The van der Waals surface area contributed by atoms with Crippen LogP contribution in [0.15, 0.2) is 35.5 Å². The van der Waals surface area contributed by atoms with Gasteiger partial charge in [0.15, 0.2) is 0 Å². The van der Waals surface area contributed by atoms with E-state index < -0.39 is 23.9 Å². The van der Waals surface area contributed by atoms with Crippen molar-refractivity contribution in [3.63, 3.8) is 0 Å². The average Bonchev–Trinajstić information content (AvgIpc) is 2.93. The van der Waals surface area contributed by atoms with Crippen molar-refractivity contribution in [3.8, 4) is 5.69 Å². The summed E-state index contributed by atoms with van der Waals surface area (Å²) >= 11 is 0.978. The summed E-state index contributed by atoms with van der Waals surface area (Å²) in [4.78, 5) is 11.7. The number of nitrogens with one attached hydrogen (secondary N) is 1. The van der Waals surface area contributed by atoms with Gasteiger partial charge in [-0.1, -0.05) is 30.0 Å². The predicted octanol–water partition coefficient (Wildman–Crippen LogP) is 1.82. The maximum Gasteiger partial charge on any atom is 0.405 e. The van der Waals surface area contributed by atoms with Crippen LogP contribution in [0, 0.1) is 0 Å². The Labute approximate surface area is 128 Å². The van der Waals surface area contributed by atoms with E-state index in [2.05, 4.69) is 15.5 Å². The molecule has 0 radical (unpaired) electrons. The Morgan fingerprint density at radius 2 is 2.05 bits per heavy atom. The molecule has 2 aromatic rings. The molecule has 0 saturated carbocycles. The third kappa shape index (κ3) is 4.45. The van der Waals surface area contributed by atoms with Crippen LogP contribution in [0.2, 0.25) is 0 Å². The molecule has 118 valence electrons. The van der Waals surface area contributed by atoms with Gasteiger partial charge in [0, 0.05) is 0 Å². The number of alkyl halides is 3. The van der Waals surface area contributed by atoms with E-state index in [0.717, 1.165) is 11.8 Å². The zero-order chi connectivity index (χ0) is 16.2. The fourth-order valence-electron chi connectivity index (χ4n) is 1.53. The minimum Gasteiger partial charge on any atom is -0.346 e. The zero-order valence-electron chi connectivity index (χ0n) is 11.4. The summed E-state index contributed by atoms with van der Waals surface area (Å²) in [6.45, 7) is 0.126. The molecule has 1 aromatic heterocycles. The molecular weight excluding hydrogens is 319 g/mol. The number of thioether (sulfide) groups is 1. The SMILES string of the molecule is CC(Sc1nnnn1-c1ccccc1)C(=O)NCC(F)(F)F. The molecule has 1 unspecified atom stereocenters. The minimum absolute atomic E-state index is 0.320. The second kappa shape index (κ2) is 6.77. The summed E-state index contributed by atoms with van der Waals surface area (Å²) in [7, 11) is 0. The van der Waals surface area contributed by atoms with E-state index in [1.54, 1.807) is 24.3 Å². The molecule has 2 rings (SSSR count). The molecular formula is C12H12F3N5OS. The number of para-hydroxylation sites is 1. The molecule has 1 aromatic carbocycles. The van der Waals surface area contributed by atoms with Gasteiger partial charge in [-0.15, -0.1) is 5.10 Å². The highest BCUT2D eigenvalue weighted by Gasteiger charge is 2.29. The van der Waals surface area contributed by atoms with Crippen LogP contribution in [0.25, 0.3) is 5.69 Å². The van der Waals surface area contributed by atoms with Gasteiger partial charge in [-0.2, -0.15) is 17.9 Å². The lowest BCUT2D eigenvalue weighted by Gasteiger charge is -2.12. The van der Waals surface area contributed by atoms with Gasteiger partial charge in [-0.3, -0.25) is 4.79 Å². The topological polar surface area (TPSA) is 72.7 Å². The first-order valence-electron chi connectivity index (χ1n) is 6.22. The lowest BCUT2D eigenvalue weighted by Crippen LogP contribution is -2.38. The van der Waals surface area contributed by atoms with E-state index in [0.29, 0.717) is 10.8 Å². The molecule has 6 nitrogen and oxygen atoms in total. The number of halogens is 3. The number of carbonyl (C=O) groups is 1. The summed E-state index contributed by atoms with van der Waals surface area (Å²) in [5.74, 6) is -0.732. The molecule has 0 saturated heterocycles. The largest absolute Gasteiger partial charge is 0.405 e. The predicted molar refractivity (Wildman–Crippen MR) is 73.5 cm³/mol. The van der Waals surface area contributed by atoms with Gasteiger partial charge in [0.25, 0.3) is 0 Å². The van der Waals surface area contributed by atoms with Crippen LogP contribution in [0.3, 0.4) is 0 Å². The van der Waals surface area contributed by atoms with E-state index in [1.807, 2.05) is 11.4 Å². The van der Waals surface area contributed by atoms with Gasteiger partial charge in [-0.25, -0.2) is 0 Å². The minimum atomic E-state index is -4.44. The summed E-state index contributed by atoms with van der Waals surface area (Å²) in [5.41, 5.74) is 0.692. The number of carbonyl (C=O) groups excluding carboxylic acids is 1. The Morgan fingerprint density at radius 3 is 2.68 bits per heavy atom. The van der Waals surface area contributed by atoms with E-state index in [-0.39, 0.29) is 0 Å². The lowest BCUT2D eigenvalue weighted by molar-refractivity contribution is -0.137. The molecule has 1 amide bonds. The maximum atomic E-state index is 12.1. The zero-order valence-corrected chi connectivity index (χ0v) is 12.2. The molecule has 0 spiro atoms. The van der Waals surface area contributed by atoms with Gasteiger partial charge < -0.3 is 5.32 Å². The van der Waals surface area contributed by atoms with Gasteiger partial charge in [-0.05, 0) is 29.5 Å². The van der Waals surface area contributed by atoms with Crippen LogP contribution in [0.4, 0.5) is 13.2 Å². The van der Waals surface area contributed by atoms with Crippen molar-refractivity contribution in [2.75, 3.05) is 6.54 Å².